The molecular weight excluding hydrogens is 212 g/mol. The lowest BCUT2D eigenvalue weighted by Crippen LogP contribution is -2.43. The predicted molar refractivity (Wildman–Crippen MR) is 68.1 cm³/mol. The van der Waals surface area contributed by atoms with Gasteiger partial charge in [0.25, 0.3) is 0 Å². The van der Waals surface area contributed by atoms with Gasteiger partial charge >= 0.3 is 0 Å². The lowest BCUT2D eigenvalue weighted by atomic mass is 9.86. The van der Waals surface area contributed by atoms with Crippen LogP contribution in [0.25, 0.3) is 0 Å². The van der Waals surface area contributed by atoms with Crippen molar-refractivity contribution in [3.63, 3.8) is 0 Å². The van der Waals surface area contributed by atoms with E-state index in [1.54, 1.807) is 0 Å². The molecule has 0 radical (unpaired) electrons. The summed E-state index contributed by atoms with van der Waals surface area (Å²) in [4.78, 5) is 5.80. The standard InChI is InChI=1S/C14H26N2O/c1-3-7-11(8-4-1)13-15-14(17-16-13)12-9-5-2-6-10-12/h11-16H,1-10H2. The molecule has 0 bridgehead atoms. The molecule has 1 heterocycles. The highest BCUT2D eigenvalue weighted by Gasteiger charge is 2.35. The first-order valence-corrected chi connectivity index (χ1v) is 7.61. The van der Waals surface area contributed by atoms with E-state index in [0.29, 0.717) is 6.17 Å². The second-order valence-electron chi connectivity index (χ2n) is 6.10. The highest BCUT2D eigenvalue weighted by Crippen LogP contribution is 2.31. The van der Waals surface area contributed by atoms with Gasteiger partial charge in [-0.25, -0.2) is 0 Å². The van der Waals surface area contributed by atoms with E-state index in [-0.39, 0.29) is 6.23 Å². The molecule has 3 nitrogen and oxygen atoms in total. The third-order valence-electron chi connectivity index (χ3n) is 4.87. The van der Waals surface area contributed by atoms with Gasteiger partial charge in [-0.2, -0.15) is 5.48 Å². The Kier molecular flexibility index (Phi) is 3.99. The molecule has 2 atom stereocenters. The first-order chi connectivity index (χ1) is 8.43. The highest BCUT2D eigenvalue weighted by atomic mass is 16.7. The average molecular weight is 238 g/mol. The Morgan fingerprint density at radius 1 is 0.706 bits per heavy atom. The predicted octanol–water partition coefficient (Wildman–Crippen LogP) is 2.92. The second-order valence-corrected chi connectivity index (χ2v) is 6.10. The topological polar surface area (TPSA) is 33.3 Å². The van der Waals surface area contributed by atoms with Gasteiger partial charge in [-0.3, -0.25) is 10.2 Å². The van der Waals surface area contributed by atoms with Crippen LogP contribution in [0.5, 0.6) is 0 Å². The van der Waals surface area contributed by atoms with Gasteiger partial charge < -0.3 is 0 Å². The van der Waals surface area contributed by atoms with Crippen LogP contribution in [0.15, 0.2) is 0 Å². The average Bonchev–Trinajstić information content (AvgIpc) is 2.90. The van der Waals surface area contributed by atoms with Crippen molar-refractivity contribution in [2.24, 2.45) is 11.8 Å². The molecule has 0 amide bonds. The van der Waals surface area contributed by atoms with Crippen molar-refractivity contribution in [1.82, 2.24) is 10.8 Å². The minimum absolute atomic E-state index is 0.280. The molecule has 3 fully saturated rings. The summed E-state index contributed by atoms with van der Waals surface area (Å²) in [5, 5.41) is 3.70. The number of hydroxylamine groups is 1. The van der Waals surface area contributed by atoms with Gasteiger partial charge in [0, 0.05) is 5.92 Å². The molecule has 0 aromatic rings. The summed E-state index contributed by atoms with van der Waals surface area (Å²) in [6.45, 7) is 0. The highest BCUT2D eigenvalue weighted by molar-refractivity contribution is 4.83. The minimum Gasteiger partial charge on any atom is -0.281 e. The van der Waals surface area contributed by atoms with E-state index in [1.807, 2.05) is 0 Å². The van der Waals surface area contributed by atoms with Crippen molar-refractivity contribution in [2.75, 3.05) is 0 Å². The first-order valence-electron chi connectivity index (χ1n) is 7.61. The van der Waals surface area contributed by atoms with Crippen LogP contribution >= 0.6 is 0 Å². The molecule has 98 valence electrons. The minimum atomic E-state index is 0.280. The largest absolute Gasteiger partial charge is 0.281 e. The van der Waals surface area contributed by atoms with Crippen LogP contribution in [0.1, 0.15) is 64.2 Å². The van der Waals surface area contributed by atoms with Crippen molar-refractivity contribution in [3.05, 3.63) is 0 Å². The summed E-state index contributed by atoms with van der Waals surface area (Å²) in [6.07, 6.45) is 14.5. The monoisotopic (exact) mass is 238 g/mol. The summed E-state index contributed by atoms with van der Waals surface area (Å²) in [5.74, 6) is 1.53. The maximum atomic E-state index is 5.80. The van der Waals surface area contributed by atoms with Gasteiger partial charge in [0.15, 0.2) is 0 Å². The zero-order chi connectivity index (χ0) is 11.5. The summed E-state index contributed by atoms with van der Waals surface area (Å²) >= 11 is 0. The van der Waals surface area contributed by atoms with Gasteiger partial charge in [0.2, 0.25) is 0 Å². The van der Waals surface area contributed by atoms with E-state index in [0.717, 1.165) is 11.8 Å². The number of rotatable bonds is 2. The lowest BCUT2D eigenvalue weighted by Gasteiger charge is -2.28. The smallest absolute Gasteiger partial charge is 0.133 e. The molecule has 2 aliphatic carbocycles. The van der Waals surface area contributed by atoms with Gasteiger partial charge in [-0.05, 0) is 31.6 Å². The van der Waals surface area contributed by atoms with Crippen LogP contribution in [0.3, 0.4) is 0 Å². The Morgan fingerprint density at radius 3 is 1.94 bits per heavy atom. The van der Waals surface area contributed by atoms with Crippen molar-refractivity contribution in [3.8, 4) is 0 Å². The Morgan fingerprint density at radius 2 is 1.29 bits per heavy atom. The fraction of sp³-hybridized carbons (Fsp3) is 1.00. The van der Waals surface area contributed by atoms with Crippen molar-refractivity contribution in [1.29, 1.82) is 0 Å². The Hall–Kier alpha value is -0.120. The van der Waals surface area contributed by atoms with Crippen molar-refractivity contribution in [2.45, 2.75) is 76.6 Å². The number of nitrogens with one attached hydrogen (secondary N) is 2. The molecule has 3 rings (SSSR count). The van der Waals surface area contributed by atoms with Gasteiger partial charge in [-0.15, -0.1) is 0 Å². The van der Waals surface area contributed by atoms with Crippen LogP contribution in [0, 0.1) is 11.8 Å². The van der Waals surface area contributed by atoms with Gasteiger partial charge in [0.1, 0.15) is 6.23 Å². The van der Waals surface area contributed by atoms with E-state index in [1.165, 1.54) is 64.2 Å². The quantitative estimate of drug-likeness (QED) is 0.776. The SMILES string of the molecule is C1CCC(C2NOC(C3CCCCC3)N2)CC1. The first kappa shape index (κ1) is 11.9. The maximum Gasteiger partial charge on any atom is 0.133 e. The maximum absolute atomic E-state index is 5.80. The zero-order valence-electron chi connectivity index (χ0n) is 10.8. The summed E-state index contributed by atoms with van der Waals surface area (Å²) in [5.41, 5.74) is 3.26. The van der Waals surface area contributed by atoms with E-state index in [9.17, 15) is 0 Å². The van der Waals surface area contributed by atoms with E-state index in [2.05, 4.69) is 10.8 Å². The molecule has 3 aliphatic rings. The fourth-order valence-corrected chi connectivity index (χ4v) is 3.76. The third-order valence-corrected chi connectivity index (χ3v) is 4.87. The molecule has 2 unspecified atom stereocenters. The molecular formula is C14H26N2O. The van der Waals surface area contributed by atoms with Gasteiger partial charge in [-0.1, -0.05) is 38.5 Å². The number of hydrogen-bond donors (Lipinski definition) is 2. The van der Waals surface area contributed by atoms with Crippen LogP contribution in [0.4, 0.5) is 0 Å². The molecule has 0 aromatic heterocycles. The summed E-state index contributed by atoms with van der Waals surface area (Å²) in [6, 6.07) is 0. The molecule has 1 saturated heterocycles. The fourth-order valence-electron chi connectivity index (χ4n) is 3.76. The third kappa shape index (κ3) is 2.83. The molecule has 1 aliphatic heterocycles. The van der Waals surface area contributed by atoms with Crippen molar-refractivity contribution < 1.29 is 4.84 Å². The Bertz CT molecular complexity index is 210. The summed E-state index contributed by atoms with van der Waals surface area (Å²) < 4.78 is 0. The number of hydrogen-bond acceptors (Lipinski definition) is 3. The van der Waals surface area contributed by atoms with Crippen LogP contribution in [0.2, 0.25) is 0 Å². The lowest BCUT2D eigenvalue weighted by molar-refractivity contribution is -0.0228. The van der Waals surface area contributed by atoms with E-state index >= 15 is 0 Å². The Labute approximate surface area is 105 Å². The summed E-state index contributed by atoms with van der Waals surface area (Å²) in [7, 11) is 0. The zero-order valence-corrected chi connectivity index (χ0v) is 10.8. The molecule has 0 spiro atoms. The van der Waals surface area contributed by atoms with Crippen LogP contribution in [-0.2, 0) is 4.84 Å². The molecule has 3 heteroatoms. The molecule has 2 N–H and O–H groups in total. The van der Waals surface area contributed by atoms with E-state index in [4.69, 9.17) is 4.84 Å². The van der Waals surface area contributed by atoms with E-state index < -0.39 is 0 Å². The molecule has 0 aromatic carbocycles. The van der Waals surface area contributed by atoms with Crippen LogP contribution < -0.4 is 10.8 Å². The van der Waals surface area contributed by atoms with Crippen LogP contribution in [-0.4, -0.2) is 12.4 Å². The molecule has 2 saturated carbocycles. The second kappa shape index (κ2) is 5.68. The van der Waals surface area contributed by atoms with Crippen molar-refractivity contribution >= 4 is 0 Å². The van der Waals surface area contributed by atoms with Gasteiger partial charge in [0.05, 0.1) is 6.17 Å². The normalized spacial score (nSPS) is 37.4. The Balaban J connectivity index is 1.50. The molecule has 17 heavy (non-hydrogen) atoms.